The van der Waals surface area contributed by atoms with Crippen molar-refractivity contribution in [3.05, 3.63) is 58.5 Å². The predicted molar refractivity (Wildman–Crippen MR) is 124 cm³/mol. The summed E-state index contributed by atoms with van der Waals surface area (Å²) in [6.07, 6.45) is 6.81. The predicted octanol–water partition coefficient (Wildman–Crippen LogP) is 4.08. The molecule has 7 nitrogen and oxygen atoms in total. The van der Waals surface area contributed by atoms with Gasteiger partial charge in [0.25, 0.3) is 11.1 Å². The molecule has 2 aromatic rings. The molecule has 3 rings (SSSR count). The molecule has 8 heteroatoms. The molecule has 1 saturated heterocycles. The van der Waals surface area contributed by atoms with Gasteiger partial charge in [-0.2, -0.15) is 0 Å². The summed E-state index contributed by atoms with van der Waals surface area (Å²) in [7, 11) is 0. The van der Waals surface area contributed by atoms with Crippen LogP contribution in [0.25, 0.3) is 6.08 Å². The topological polar surface area (TPSA) is 84.9 Å². The highest BCUT2D eigenvalue weighted by Crippen LogP contribution is 2.34. The monoisotopic (exact) mass is 450 g/mol. The molecule has 3 amide bonds. The Morgan fingerprint density at radius 3 is 2.59 bits per heavy atom. The van der Waals surface area contributed by atoms with Crippen LogP contribution in [0.15, 0.2) is 47.4 Å². The van der Waals surface area contributed by atoms with E-state index in [9.17, 15) is 14.4 Å². The standard InChI is InChI=1S/C24H22N2O5S/c1-4-12-31-19-11-8-17(13-20(19)30-5-2)14-21-23(28)26(24(29)32-21)15-22(27)25-18-9-6-16(3)7-10-18/h1,6-11,13-14H,5,12,15H2,2-3H3,(H,25,27)/b21-14+. The van der Waals surface area contributed by atoms with Crippen molar-refractivity contribution < 1.29 is 23.9 Å². The number of benzene rings is 2. The van der Waals surface area contributed by atoms with Gasteiger partial charge in [0.15, 0.2) is 11.5 Å². The molecule has 1 heterocycles. The summed E-state index contributed by atoms with van der Waals surface area (Å²) >= 11 is 0.784. The average molecular weight is 451 g/mol. The Hall–Kier alpha value is -3.70. The second-order valence-corrected chi connectivity index (χ2v) is 7.81. The van der Waals surface area contributed by atoms with E-state index < -0.39 is 17.1 Å². The van der Waals surface area contributed by atoms with Gasteiger partial charge in [-0.15, -0.1) is 6.42 Å². The lowest BCUT2D eigenvalue weighted by atomic mass is 10.2. The second-order valence-electron chi connectivity index (χ2n) is 6.81. The SMILES string of the molecule is C#CCOc1ccc(/C=C2/SC(=O)N(CC(=O)Nc3ccc(C)cc3)C2=O)cc1OCC. The number of hydrogen-bond acceptors (Lipinski definition) is 6. The van der Waals surface area contributed by atoms with E-state index in [2.05, 4.69) is 11.2 Å². The lowest BCUT2D eigenvalue weighted by molar-refractivity contribution is -0.127. The second kappa shape index (κ2) is 10.6. The quantitative estimate of drug-likeness (QED) is 0.482. The fourth-order valence-corrected chi connectivity index (χ4v) is 3.73. The van der Waals surface area contributed by atoms with Crippen molar-refractivity contribution in [1.82, 2.24) is 4.90 Å². The van der Waals surface area contributed by atoms with Crippen molar-refractivity contribution in [2.45, 2.75) is 13.8 Å². The van der Waals surface area contributed by atoms with Gasteiger partial charge in [0.1, 0.15) is 13.2 Å². The molecule has 164 valence electrons. The van der Waals surface area contributed by atoms with E-state index in [1.807, 2.05) is 26.0 Å². The lowest BCUT2D eigenvalue weighted by Crippen LogP contribution is -2.36. The van der Waals surface area contributed by atoms with Crippen LogP contribution in [-0.2, 0) is 9.59 Å². The number of terminal acetylenes is 1. The smallest absolute Gasteiger partial charge is 0.294 e. The number of nitrogens with zero attached hydrogens (tertiary/aromatic N) is 1. The zero-order chi connectivity index (χ0) is 23.1. The first-order chi connectivity index (χ1) is 15.4. The Morgan fingerprint density at radius 1 is 1.16 bits per heavy atom. The maximum atomic E-state index is 12.7. The highest BCUT2D eigenvalue weighted by Gasteiger charge is 2.36. The largest absolute Gasteiger partial charge is 0.490 e. The number of nitrogens with one attached hydrogen (secondary N) is 1. The fourth-order valence-electron chi connectivity index (χ4n) is 2.89. The normalized spacial score (nSPS) is 14.4. The maximum Gasteiger partial charge on any atom is 0.294 e. The van der Waals surface area contributed by atoms with E-state index >= 15 is 0 Å². The van der Waals surface area contributed by atoms with Crippen LogP contribution in [0.1, 0.15) is 18.1 Å². The number of amides is 3. The molecule has 0 spiro atoms. The third-order valence-corrected chi connectivity index (χ3v) is 5.29. The number of imide groups is 1. The highest BCUT2D eigenvalue weighted by atomic mass is 32.2. The molecule has 0 aliphatic carbocycles. The first kappa shape index (κ1) is 23.0. The number of hydrogen-bond donors (Lipinski definition) is 1. The summed E-state index contributed by atoms with van der Waals surface area (Å²) < 4.78 is 11.0. The molecular formula is C24H22N2O5S. The Labute approximate surface area is 190 Å². The van der Waals surface area contributed by atoms with Crippen LogP contribution in [0.2, 0.25) is 0 Å². The zero-order valence-electron chi connectivity index (χ0n) is 17.7. The molecule has 0 aromatic heterocycles. The van der Waals surface area contributed by atoms with Crippen LogP contribution >= 0.6 is 11.8 Å². The minimum absolute atomic E-state index is 0.100. The Balaban J connectivity index is 1.71. The first-order valence-electron chi connectivity index (χ1n) is 9.86. The van der Waals surface area contributed by atoms with E-state index in [1.54, 1.807) is 36.4 Å². The minimum atomic E-state index is -0.523. The van der Waals surface area contributed by atoms with Crippen LogP contribution in [0.4, 0.5) is 10.5 Å². The van der Waals surface area contributed by atoms with Crippen LogP contribution in [0, 0.1) is 19.3 Å². The Bertz CT molecular complexity index is 1100. The van der Waals surface area contributed by atoms with Gasteiger partial charge in [0.05, 0.1) is 11.5 Å². The maximum absolute atomic E-state index is 12.7. The van der Waals surface area contributed by atoms with Crippen molar-refractivity contribution in [3.63, 3.8) is 0 Å². The van der Waals surface area contributed by atoms with Crippen molar-refractivity contribution in [2.24, 2.45) is 0 Å². The van der Waals surface area contributed by atoms with Gasteiger partial charge in [-0.3, -0.25) is 19.3 Å². The van der Waals surface area contributed by atoms with E-state index in [-0.39, 0.29) is 18.1 Å². The number of carbonyl (C=O) groups is 3. The van der Waals surface area contributed by atoms with E-state index in [4.69, 9.17) is 15.9 Å². The number of rotatable bonds is 8. The molecule has 0 atom stereocenters. The molecule has 32 heavy (non-hydrogen) atoms. The molecule has 1 fully saturated rings. The summed E-state index contributed by atoms with van der Waals surface area (Å²) in [6, 6.07) is 12.4. The van der Waals surface area contributed by atoms with Crippen LogP contribution < -0.4 is 14.8 Å². The molecule has 1 aliphatic heterocycles. The lowest BCUT2D eigenvalue weighted by Gasteiger charge is -2.12. The summed E-state index contributed by atoms with van der Waals surface area (Å²) in [5, 5.41) is 2.19. The molecule has 1 N–H and O–H groups in total. The third kappa shape index (κ3) is 5.71. The van der Waals surface area contributed by atoms with Gasteiger partial charge in [-0.05, 0) is 61.5 Å². The number of aryl methyl sites for hydroxylation is 1. The van der Waals surface area contributed by atoms with Crippen LogP contribution in [0.5, 0.6) is 11.5 Å². The zero-order valence-corrected chi connectivity index (χ0v) is 18.5. The fraction of sp³-hybridized carbons (Fsp3) is 0.208. The summed E-state index contributed by atoms with van der Waals surface area (Å²) in [5.74, 6) is 2.39. The van der Waals surface area contributed by atoms with Gasteiger partial charge < -0.3 is 14.8 Å². The van der Waals surface area contributed by atoms with E-state index in [0.29, 0.717) is 29.4 Å². The Morgan fingerprint density at radius 2 is 1.91 bits per heavy atom. The first-order valence-corrected chi connectivity index (χ1v) is 10.7. The van der Waals surface area contributed by atoms with Crippen molar-refractivity contribution in [2.75, 3.05) is 25.1 Å². The van der Waals surface area contributed by atoms with E-state index in [0.717, 1.165) is 22.2 Å². The molecule has 0 bridgehead atoms. The summed E-state index contributed by atoms with van der Waals surface area (Å²) in [6.45, 7) is 3.93. The van der Waals surface area contributed by atoms with Gasteiger partial charge >= 0.3 is 0 Å². The molecule has 1 aliphatic rings. The van der Waals surface area contributed by atoms with Gasteiger partial charge in [0, 0.05) is 5.69 Å². The van der Waals surface area contributed by atoms with Crippen LogP contribution in [0.3, 0.4) is 0 Å². The molecule has 0 saturated carbocycles. The van der Waals surface area contributed by atoms with Gasteiger partial charge in [-0.1, -0.05) is 29.7 Å². The number of anilines is 1. The van der Waals surface area contributed by atoms with Crippen LogP contribution in [-0.4, -0.2) is 41.7 Å². The molecule has 0 radical (unpaired) electrons. The van der Waals surface area contributed by atoms with Crippen molar-refractivity contribution in [3.8, 4) is 23.8 Å². The van der Waals surface area contributed by atoms with Gasteiger partial charge in [0.2, 0.25) is 5.91 Å². The average Bonchev–Trinajstić information content (AvgIpc) is 3.02. The number of carbonyl (C=O) groups excluding carboxylic acids is 3. The van der Waals surface area contributed by atoms with E-state index in [1.165, 1.54) is 0 Å². The molecular weight excluding hydrogens is 428 g/mol. The molecule has 0 unspecified atom stereocenters. The number of ether oxygens (including phenoxy) is 2. The Kier molecular flexibility index (Phi) is 7.58. The third-order valence-electron chi connectivity index (χ3n) is 4.39. The summed E-state index contributed by atoms with van der Waals surface area (Å²) in [5.41, 5.74) is 2.30. The summed E-state index contributed by atoms with van der Waals surface area (Å²) in [4.78, 5) is 38.5. The number of thioether (sulfide) groups is 1. The van der Waals surface area contributed by atoms with Crippen molar-refractivity contribution >= 4 is 40.6 Å². The minimum Gasteiger partial charge on any atom is -0.490 e. The molecule has 2 aromatic carbocycles. The highest BCUT2D eigenvalue weighted by molar-refractivity contribution is 8.18. The van der Waals surface area contributed by atoms with Gasteiger partial charge in [-0.25, -0.2) is 0 Å². The van der Waals surface area contributed by atoms with Crippen molar-refractivity contribution in [1.29, 1.82) is 0 Å².